The van der Waals surface area contributed by atoms with Crippen LogP contribution in [0.5, 0.6) is 0 Å². The van der Waals surface area contributed by atoms with Gasteiger partial charge in [-0.1, -0.05) is 6.92 Å². The van der Waals surface area contributed by atoms with E-state index >= 15 is 0 Å². The first-order valence-corrected chi connectivity index (χ1v) is 8.55. The van der Waals surface area contributed by atoms with E-state index in [9.17, 15) is 9.59 Å². The molecule has 2 saturated heterocycles. The largest absolute Gasteiger partial charge is 0.346 e. The second-order valence-corrected chi connectivity index (χ2v) is 6.81. The van der Waals surface area contributed by atoms with Crippen molar-refractivity contribution >= 4 is 11.8 Å². The number of nitrogens with zero attached hydrogens (tertiary/aromatic N) is 2. The van der Waals surface area contributed by atoms with Crippen LogP contribution in [0.25, 0.3) is 0 Å². The van der Waals surface area contributed by atoms with Crippen molar-refractivity contribution in [3.8, 4) is 0 Å². The predicted molar refractivity (Wildman–Crippen MR) is 86.2 cm³/mol. The molecular formula is C16H30N4O2. The van der Waals surface area contributed by atoms with Gasteiger partial charge in [-0.3, -0.25) is 9.59 Å². The standard InChI is InChI=1S/C16H30N4O2/c1-13-4-7-19(8-5-13)11-14-3-2-6-20(12-14)16(22)10-18-15(21)9-17/h13-14H,2-12,17H2,1H3,(H,18,21). The van der Waals surface area contributed by atoms with E-state index in [1.165, 1.54) is 32.4 Å². The summed E-state index contributed by atoms with van der Waals surface area (Å²) in [5, 5.41) is 2.56. The average molecular weight is 310 g/mol. The molecule has 1 unspecified atom stereocenters. The second-order valence-electron chi connectivity index (χ2n) is 6.81. The van der Waals surface area contributed by atoms with Gasteiger partial charge in [0.2, 0.25) is 11.8 Å². The molecule has 1 atom stereocenters. The molecule has 2 amide bonds. The van der Waals surface area contributed by atoms with Gasteiger partial charge in [-0.15, -0.1) is 0 Å². The van der Waals surface area contributed by atoms with Crippen LogP contribution in [0.1, 0.15) is 32.6 Å². The minimum Gasteiger partial charge on any atom is -0.346 e. The Labute approximate surface area is 133 Å². The third kappa shape index (κ3) is 5.25. The molecule has 2 aliphatic heterocycles. The summed E-state index contributed by atoms with van der Waals surface area (Å²) in [4.78, 5) is 27.7. The third-order valence-corrected chi connectivity index (χ3v) is 4.89. The second kappa shape index (κ2) is 8.48. The van der Waals surface area contributed by atoms with E-state index in [0.29, 0.717) is 5.92 Å². The summed E-state index contributed by atoms with van der Waals surface area (Å²) in [6, 6.07) is 0. The van der Waals surface area contributed by atoms with Crippen molar-refractivity contribution in [2.75, 3.05) is 45.8 Å². The SMILES string of the molecule is CC1CCN(CC2CCCN(C(=O)CNC(=O)CN)C2)CC1. The molecule has 2 fully saturated rings. The highest BCUT2D eigenvalue weighted by molar-refractivity contribution is 5.85. The third-order valence-electron chi connectivity index (χ3n) is 4.89. The summed E-state index contributed by atoms with van der Waals surface area (Å²) in [6.45, 7) is 7.46. The summed E-state index contributed by atoms with van der Waals surface area (Å²) < 4.78 is 0. The van der Waals surface area contributed by atoms with Crippen LogP contribution in [0.4, 0.5) is 0 Å². The highest BCUT2D eigenvalue weighted by atomic mass is 16.2. The van der Waals surface area contributed by atoms with E-state index in [-0.39, 0.29) is 24.9 Å². The molecule has 0 aromatic rings. The van der Waals surface area contributed by atoms with Gasteiger partial charge >= 0.3 is 0 Å². The molecule has 126 valence electrons. The van der Waals surface area contributed by atoms with E-state index in [4.69, 9.17) is 5.73 Å². The molecule has 0 spiro atoms. The van der Waals surface area contributed by atoms with Crippen molar-refractivity contribution in [3.05, 3.63) is 0 Å². The van der Waals surface area contributed by atoms with Gasteiger partial charge in [0.1, 0.15) is 0 Å². The topological polar surface area (TPSA) is 78.7 Å². The first kappa shape index (κ1) is 17.2. The van der Waals surface area contributed by atoms with Gasteiger partial charge in [-0.05, 0) is 50.6 Å². The molecule has 0 bridgehead atoms. The molecule has 2 aliphatic rings. The van der Waals surface area contributed by atoms with Crippen LogP contribution in [0, 0.1) is 11.8 Å². The Kier molecular flexibility index (Phi) is 6.64. The molecule has 22 heavy (non-hydrogen) atoms. The minimum absolute atomic E-state index is 0.0127. The van der Waals surface area contributed by atoms with Gasteiger partial charge < -0.3 is 20.9 Å². The zero-order valence-electron chi connectivity index (χ0n) is 13.7. The zero-order chi connectivity index (χ0) is 15.9. The average Bonchev–Trinajstić information content (AvgIpc) is 2.54. The van der Waals surface area contributed by atoms with E-state index in [0.717, 1.165) is 32.0 Å². The summed E-state index contributed by atoms with van der Waals surface area (Å²) in [5.74, 6) is 1.16. The van der Waals surface area contributed by atoms with Crippen LogP contribution in [0.2, 0.25) is 0 Å². The smallest absolute Gasteiger partial charge is 0.241 e. The van der Waals surface area contributed by atoms with Crippen molar-refractivity contribution in [2.24, 2.45) is 17.6 Å². The summed E-state index contributed by atoms with van der Waals surface area (Å²) in [7, 11) is 0. The number of likely N-dealkylation sites (tertiary alicyclic amines) is 2. The lowest BCUT2D eigenvalue weighted by molar-refractivity contribution is -0.134. The number of amides is 2. The van der Waals surface area contributed by atoms with Crippen LogP contribution in [-0.2, 0) is 9.59 Å². The van der Waals surface area contributed by atoms with E-state index in [1.54, 1.807) is 0 Å². The van der Waals surface area contributed by atoms with Crippen molar-refractivity contribution < 1.29 is 9.59 Å². The number of nitrogens with two attached hydrogens (primary N) is 1. The lowest BCUT2D eigenvalue weighted by Crippen LogP contribution is -2.48. The lowest BCUT2D eigenvalue weighted by Gasteiger charge is -2.37. The first-order chi connectivity index (χ1) is 10.6. The van der Waals surface area contributed by atoms with E-state index in [2.05, 4.69) is 17.1 Å². The molecule has 0 saturated carbocycles. The fourth-order valence-corrected chi connectivity index (χ4v) is 3.41. The number of piperidine rings is 2. The fourth-order valence-electron chi connectivity index (χ4n) is 3.41. The van der Waals surface area contributed by atoms with Crippen LogP contribution in [0.3, 0.4) is 0 Å². The van der Waals surface area contributed by atoms with Gasteiger partial charge in [-0.25, -0.2) is 0 Å². The van der Waals surface area contributed by atoms with Crippen molar-refractivity contribution in [2.45, 2.75) is 32.6 Å². The summed E-state index contributed by atoms with van der Waals surface area (Å²) in [5.41, 5.74) is 5.23. The first-order valence-electron chi connectivity index (χ1n) is 8.55. The molecule has 0 aromatic heterocycles. The maximum Gasteiger partial charge on any atom is 0.241 e. The van der Waals surface area contributed by atoms with Gasteiger partial charge in [-0.2, -0.15) is 0 Å². The fraction of sp³-hybridized carbons (Fsp3) is 0.875. The van der Waals surface area contributed by atoms with Crippen LogP contribution >= 0.6 is 0 Å². The molecular weight excluding hydrogens is 280 g/mol. The molecule has 6 nitrogen and oxygen atoms in total. The maximum atomic E-state index is 12.2. The maximum absolute atomic E-state index is 12.2. The Hall–Kier alpha value is -1.14. The number of nitrogens with one attached hydrogen (secondary N) is 1. The van der Waals surface area contributed by atoms with Crippen molar-refractivity contribution in [1.29, 1.82) is 0 Å². The van der Waals surface area contributed by atoms with Crippen molar-refractivity contribution in [1.82, 2.24) is 15.1 Å². The van der Waals surface area contributed by atoms with Gasteiger partial charge in [0.15, 0.2) is 0 Å². The number of rotatable bonds is 5. The van der Waals surface area contributed by atoms with Crippen molar-refractivity contribution in [3.63, 3.8) is 0 Å². The quantitative estimate of drug-likeness (QED) is 0.751. The molecule has 3 N–H and O–H groups in total. The Morgan fingerprint density at radius 3 is 2.59 bits per heavy atom. The monoisotopic (exact) mass is 310 g/mol. The molecule has 6 heteroatoms. The summed E-state index contributed by atoms with van der Waals surface area (Å²) >= 11 is 0. The van der Waals surface area contributed by atoms with E-state index < -0.39 is 0 Å². The Balaban J connectivity index is 1.74. The Morgan fingerprint density at radius 2 is 1.91 bits per heavy atom. The zero-order valence-corrected chi connectivity index (χ0v) is 13.7. The summed E-state index contributed by atoms with van der Waals surface area (Å²) in [6.07, 6.45) is 4.84. The number of carbonyl (C=O) groups excluding carboxylic acids is 2. The van der Waals surface area contributed by atoms with E-state index in [1.807, 2.05) is 4.90 Å². The normalized spacial score (nSPS) is 24.3. The number of hydrogen-bond donors (Lipinski definition) is 2. The highest BCUT2D eigenvalue weighted by Gasteiger charge is 2.26. The molecule has 0 aliphatic carbocycles. The lowest BCUT2D eigenvalue weighted by atomic mass is 9.94. The predicted octanol–water partition coefficient (Wildman–Crippen LogP) is 0.0318. The Bertz CT molecular complexity index is 380. The van der Waals surface area contributed by atoms with Crippen LogP contribution in [-0.4, -0.2) is 67.4 Å². The van der Waals surface area contributed by atoms with Crippen LogP contribution in [0.15, 0.2) is 0 Å². The minimum atomic E-state index is -0.274. The molecule has 2 heterocycles. The van der Waals surface area contributed by atoms with Gasteiger partial charge in [0.25, 0.3) is 0 Å². The highest BCUT2D eigenvalue weighted by Crippen LogP contribution is 2.21. The molecule has 2 rings (SSSR count). The Morgan fingerprint density at radius 1 is 1.18 bits per heavy atom. The number of carbonyl (C=O) groups is 2. The van der Waals surface area contributed by atoms with Crippen LogP contribution < -0.4 is 11.1 Å². The van der Waals surface area contributed by atoms with Gasteiger partial charge in [0, 0.05) is 19.6 Å². The van der Waals surface area contributed by atoms with Gasteiger partial charge in [0.05, 0.1) is 13.1 Å². The molecule has 0 radical (unpaired) electrons. The molecule has 0 aromatic carbocycles. The number of hydrogen-bond acceptors (Lipinski definition) is 4.